The van der Waals surface area contributed by atoms with Gasteiger partial charge in [0.25, 0.3) is 5.91 Å². The Balaban J connectivity index is 1.61. The van der Waals surface area contributed by atoms with Crippen LogP contribution in [0.15, 0.2) is 48.7 Å². The number of para-hydroxylation sites is 1. The first kappa shape index (κ1) is 14.5. The van der Waals surface area contributed by atoms with Crippen molar-refractivity contribution in [2.24, 2.45) is 0 Å². The zero-order valence-corrected chi connectivity index (χ0v) is 12.3. The van der Waals surface area contributed by atoms with E-state index in [2.05, 4.69) is 15.6 Å². The molecule has 22 heavy (non-hydrogen) atoms. The molecule has 1 aliphatic heterocycles. The van der Waals surface area contributed by atoms with E-state index < -0.39 is 0 Å². The van der Waals surface area contributed by atoms with Crippen LogP contribution in [-0.4, -0.2) is 30.1 Å². The fourth-order valence-corrected chi connectivity index (χ4v) is 2.42. The smallest absolute Gasteiger partial charge is 0.270 e. The molecule has 0 aliphatic carbocycles. The average Bonchev–Trinajstić information content (AvgIpc) is 3.07. The number of hydrogen-bond donors (Lipinski definition) is 2. The topological polar surface area (TPSA) is 63.2 Å². The second-order valence-corrected chi connectivity index (χ2v) is 5.27. The average molecular weight is 297 g/mol. The Bertz CT molecular complexity index is 625. The number of amides is 1. The highest BCUT2D eigenvalue weighted by molar-refractivity contribution is 5.93. The SMILES string of the molecule is O=C(NCC1CCCO1)c1cc(Nc2ccccc2)ccn1. The van der Waals surface area contributed by atoms with Crippen molar-refractivity contribution < 1.29 is 9.53 Å². The predicted molar refractivity (Wildman–Crippen MR) is 85.3 cm³/mol. The molecule has 1 amide bonds. The van der Waals surface area contributed by atoms with E-state index in [0.29, 0.717) is 12.2 Å². The van der Waals surface area contributed by atoms with Gasteiger partial charge in [0.1, 0.15) is 5.69 Å². The lowest BCUT2D eigenvalue weighted by Gasteiger charge is -2.11. The number of aromatic nitrogens is 1. The van der Waals surface area contributed by atoms with Gasteiger partial charge in [-0.05, 0) is 37.1 Å². The second kappa shape index (κ2) is 7.04. The van der Waals surface area contributed by atoms with Crippen LogP contribution >= 0.6 is 0 Å². The molecular formula is C17H19N3O2. The van der Waals surface area contributed by atoms with Crippen LogP contribution in [0.5, 0.6) is 0 Å². The van der Waals surface area contributed by atoms with Crippen molar-refractivity contribution in [2.75, 3.05) is 18.5 Å². The van der Waals surface area contributed by atoms with E-state index in [1.54, 1.807) is 12.3 Å². The Morgan fingerprint density at radius 1 is 1.23 bits per heavy atom. The van der Waals surface area contributed by atoms with Crippen molar-refractivity contribution in [1.82, 2.24) is 10.3 Å². The lowest BCUT2D eigenvalue weighted by atomic mass is 10.2. The van der Waals surface area contributed by atoms with Crippen molar-refractivity contribution in [1.29, 1.82) is 0 Å². The molecular weight excluding hydrogens is 278 g/mol. The minimum atomic E-state index is -0.174. The molecule has 5 nitrogen and oxygen atoms in total. The number of ether oxygens (including phenoxy) is 1. The van der Waals surface area contributed by atoms with Gasteiger partial charge in [-0.15, -0.1) is 0 Å². The van der Waals surface area contributed by atoms with E-state index >= 15 is 0 Å². The zero-order chi connectivity index (χ0) is 15.2. The maximum Gasteiger partial charge on any atom is 0.270 e. The van der Waals surface area contributed by atoms with Gasteiger partial charge in [-0.3, -0.25) is 9.78 Å². The van der Waals surface area contributed by atoms with Gasteiger partial charge >= 0.3 is 0 Å². The summed E-state index contributed by atoms with van der Waals surface area (Å²) >= 11 is 0. The molecule has 2 heterocycles. The molecule has 1 aromatic carbocycles. The van der Waals surface area contributed by atoms with Gasteiger partial charge in [-0.25, -0.2) is 0 Å². The molecule has 0 saturated carbocycles. The third kappa shape index (κ3) is 3.83. The molecule has 0 bridgehead atoms. The number of carbonyl (C=O) groups excluding carboxylic acids is 1. The summed E-state index contributed by atoms with van der Waals surface area (Å²) in [4.78, 5) is 16.3. The van der Waals surface area contributed by atoms with Crippen LogP contribution in [-0.2, 0) is 4.74 Å². The van der Waals surface area contributed by atoms with Gasteiger partial charge in [0, 0.05) is 30.7 Å². The van der Waals surface area contributed by atoms with Crippen molar-refractivity contribution in [2.45, 2.75) is 18.9 Å². The number of anilines is 2. The highest BCUT2D eigenvalue weighted by Gasteiger charge is 2.17. The summed E-state index contributed by atoms with van der Waals surface area (Å²) in [7, 11) is 0. The predicted octanol–water partition coefficient (Wildman–Crippen LogP) is 2.73. The largest absolute Gasteiger partial charge is 0.376 e. The van der Waals surface area contributed by atoms with Crippen LogP contribution in [0.1, 0.15) is 23.3 Å². The summed E-state index contributed by atoms with van der Waals surface area (Å²) in [6.07, 6.45) is 3.83. The monoisotopic (exact) mass is 297 g/mol. The van der Waals surface area contributed by atoms with E-state index in [1.807, 2.05) is 36.4 Å². The number of benzene rings is 1. The maximum absolute atomic E-state index is 12.1. The summed E-state index contributed by atoms with van der Waals surface area (Å²) in [6.45, 7) is 1.33. The van der Waals surface area contributed by atoms with Crippen molar-refractivity contribution in [3.63, 3.8) is 0 Å². The van der Waals surface area contributed by atoms with Gasteiger partial charge in [-0.1, -0.05) is 18.2 Å². The van der Waals surface area contributed by atoms with E-state index in [0.717, 1.165) is 30.8 Å². The lowest BCUT2D eigenvalue weighted by molar-refractivity contribution is 0.0854. The van der Waals surface area contributed by atoms with Crippen LogP contribution < -0.4 is 10.6 Å². The molecule has 5 heteroatoms. The van der Waals surface area contributed by atoms with Crippen LogP contribution in [0.3, 0.4) is 0 Å². The van der Waals surface area contributed by atoms with Gasteiger partial charge in [0.2, 0.25) is 0 Å². The van der Waals surface area contributed by atoms with E-state index in [9.17, 15) is 4.79 Å². The Morgan fingerprint density at radius 2 is 2.09 bits per heavy atom. The molecule has 0 radical (unpaired) electrons. The number of nitrogens with one attached hydrogen (secondary N) is 2. The first-order valence-corrected chi connectivity index (χ1v) is 7.49. The maximum atomic E-state index is 12.1. The zero-order valence-electron chi connectivity index (χ0n) is 12.3. The molecule has 1 fully saturated rings. The summed E-state index contributed by atoms with van der Waals surface area (Å²) in [5.41, 5.74) is 2.21. The quantitative estimate of drug-likeness (QED) is 0.890. The van der Waals surface area contributed by atoms with Crippen molar-refractivity contribution >= 4 is 17.3 Å². The number of hydrogen-bond acceptors (Lipinski definition) is 4. The fourth-order valence-electron chi connectivity index (χ4n) is 2.42. The number of nitrogens with zero attached hydrogens (tertiary/aromatic N) is 1. The van der Waals surface area contributed by atoms with Gasteiger partial charge in [0.05, 0.1) is 6.10 Å². The van der Waals surface area contributed by atoms with E-state index in [-0.39, 0.29) is 12.0 Å². The summed E-state index contributed by atoms with van der Waals surface area (Å²) in [6, 6.07) is 13.4. The standard InChI is InChI=1S/C17H19N3O2/c21-17(19-12-15-7-4-10-22-15)16-11-14(8-9-18-16)20-13-5-2-1-3-6-13/h1-3,5-6,8-9,11,15H,4,7,10,12H2,(H,18,20)(H,19,21). The summed E-state index contributed by atoms with van der Waals surface area (Å²) in [5.74, 6) is -0.174. The summed E-state index contributed by atoms with van der Waals surface area (Å²) < 4.78 is 5.49. The lowest BCUT2D eigenvalue weighted by Crippen LogP contribution is -2.32. The van der Waals surface area contributed by atoms with Crippen LogP contribution in [0.2, 0.25) is 0 Å². The molecule has 1 atom stereocenters. The Morgan fingerprint density at radius 3 is 2.86 bits per heavy atom. The van der Waals surface area contributed by atoms with Gasteiger partial charge in [-0.2, -0.15) is 0 Å². The molecule has 2 N–H and O–H groups in total. The normalized spacial score (nSPS) is 17.2. The molecule has 3 rings (SSSR count). The van der Waals surface area contributed by atoms with Crippen LogP contribution in [0.4, 0.5) is 11.4 Å². The second-order valence-electron chi connectivity index (χ2n) is 5.27. The first-order chi connectivity index (χ1) is 10.8. The molecule has 1 saturated heterocycles. The molecule has 1 aliphatic rings. The van der Waals surface area contributed by atoms with Crippen molar-refractivity contribution in [3.8, 4) is 0 Å². The molecule has 1 aromatic heterocycles. The van der Waals surface area contributed by atoms with Gasteiger partial charge in [0.15, 0.2) is 0 Å². The first-order valence-electron chi connectivity index (χ1n) is 7.49. The van der Waals surface area contributed by atoms with Crippen molar-refractivity contribution in [3.05, 3.63) is 54.4 Å². The van der Waals surface area contributed by atoms with Gasteiger partial charge < -0.3 is 15.4 Å². The third-order valence-electron chi connectivity index (χ3n) is 3.57. The highest BCUT2D eigenvalue weighted by Crippen LogP contribution is 2.16. The number of carbonyl (C=O) groups is 1. The fraction of sp³-hybridized carbons (Fsp3) is 0.294. The Hall–Kier alpha value is -2.40. The molecule has 2 aromatic rings. The highest BCUT2D eigenvalue weighted by atomic mass is 16.5. The molecule has 114 valence electrons. The van der Waals surface area contributed by atoms with E-state index in [4.69, 9.17) is 4.74 Å². The number of pyridine rings is 1. The summed E-state index contributed by atoms with van der Waals surface area (Å²) in [5, 5.41) is 6.13. The molecule has 0 spiro atoms. The molecule has 1 unspecified atom stereocenters. The van der Waals surface area contributed by atoms with Crippen LogP contribution in [0, 0.1) is 0 Å². The Labute approximate surface area is 129 Å². The van der Waals surface area contributed by atoms with Crippen LogP contribution in [0.25, 0.3) is 0 Å². The number of rotatable bonds is 5. The minimum absolute atomic E-state index is 0.134. The Kier molecular flexibility index (Phi) is 4.65. The third-order valence-corrected chi connectivity index (χ3v) is 3.57. The minimum Gasteiger partial charge on any atom is -0.376 e. The van der Waals surface area contributed by atoms with E-state index in [1.165, 1.54) is 0 Å².